The lowest BCUT2D eigenvalue weighted by Crippen LogP contribution is -2.52. The van der Waals surface area contributed by atoms with Crippen LogP contribution in [0.5, 0.6) is 5.88 Å². The largest absolute Gasteiger partial charge is 0.477 e. The van der Waals surface area contributed by atoms with Crippen LogP contribution >= 0.6 is 11.6 Å². The number of halogens is 1. The lowest BCUT2D eigenvalue weighted by Gasteiger charge is -2.37. The average molecular weight is 519 g/mol. The van der Waals surface area contributed by atoms with Crippen molar-refractivity contribution < 1.29 is 24.2 Å². The van der Waals surface area contributed by atoms with Crippen molar-refractivity contribution in [3.63, 3.8) is 0 Å². The molecule has 3 aromatic rings. The van der Waals surface area contributed by atoms with Gasteiger partial charge in [-0.15, -0.1) is 0 Å². The third-order valence-electron chi connectivity index (χ3n) is 8.14. The SMILES string of the molecule is [C-]#[N+]c1ccc(N2C(=O)[C@@H]3[C@H](C2=O)C2(C)OC3(C(C)COc3ccc(Cl)cn3)C[C@H]2O)c2cccnc12. The first-order chi connectivity index (χ1) is 17.7. The lowest BCUT2D eigenvalue weighted by molar-refractivity contribution is -0.138. The van der Waals surface area contributed by atoms with E-state index in [-0.39, 0.29) is 24.9 Å². The number of ether oxygens (including phenoxy) is 2. The van der Waals surface area contributed by atoms with Crippen LogP contribution < -0.4 is 9.64 Å². The smallest absolute Gasteiger partial charge is 0.240 e. The molecule has 2 aromatic heterocycles. The second-order valence-electron chi connectivity index (χ2n) is 10.1. The maximum absolute atomic E-state index is 14.1. The van der Waals surface area contributed by atoms with Crippen molar-refractivity contribution in [3.8, 4) is 5.88 Å². The van der Waals surface area contributed by atoms with Crippen molar-refractivity contribution in [2.45, 2.75) is 37.6 Å². The van der Waals surface area contributed by atoms with E-state index in [1.54, 1.807) is 49.5 Å². The number of pyridine rings is 2. The van der Waals surface area contributed by atoms with E-state index in [2.05, 4.69) is 14.8 Å². The zero-order valence-electron chi connectivity index (χ0n) is 20.1. The number of aromatic nitrogens is 2. The van der Waals surface area contributed by atoms with E-state index in [0.717, 1.165) is 0 Å². The second kappa shape index (κ2) is 8.21. The first-order valence-corrected chi connectivity index (χ1v) is 12.3. The molecule has 6 atom stereocenters. The predicted molar refractivity (Wildman–Crippen MR) is 134 cm³/mol. The number of rotatable bonds is 5. The summed E-state index contributed by atoms with van der Waals surface area (Å²) in [6.45, 7) is 11.2. The number of amides is 2. The van der Waals surface area contributed by atoms with Crippen molar-refractivity contribution in [2.75, 3.05) is 11.5 Å². The number of carbonyl (C=O) groups is 2. The van der Waals surface area contributed by atoms with Gasteiger partial charge in [0.05, 0.1) is 52.9 Å². The van der Waals surface area contributed by atoms with E-state index in [4.69, 9.17) is 27.6 Å². The summed E-state index contributed by atoms with van der Waals surface area (Å²) >= 11 is 5.91. The van der Waals surface area contributed by atoms with Gasteiger partial charge in [-0.05, 0) is 25.1 Å². The molecule has 5 heterocycles. The first-order valence-electron chi connectivity index (χ1n) is 12.0. The van der Waals surface area contributed by atoms with Crippen LogP contribution in [0.25, 0.3) is 15.7 Å². The molecule has 3 fully saturated rings. The van der Waals surface area contributed by atoms with Gasteiger partial charge in [0, 0.05) is 36.2 Å². The summed E-state index contributed by atoms with van der Waals surface area (Å²) in [7, 11) is 0. The van der Waals surface area contributed by atoms with Gasteiger partial charge >= 0.3 is 0 Å². The molecule has 188 valence electrons. The number of aliphatic hydroxyl groups is 1. The number of hydrogen-bond acceptors (Lipinski definition) is 7. The van der Waals surface area contributed by atoms with Gasteiger partial charge in [0.1, 0.15) is 5.60 Å². The molecule has 1 N–H and O–H groups in total. The minimum Gasteiger partial charge on any atom is -0.477 e. The summed E-state index contributed by atoms with van der Waals surface area (Å²) in [5.41, 5.74) is -1.19. The Hall–Kier alpha value is -3.58. The number of imide groups is 1. The third-order valence-corrected chi connectivity index (χ3v) is 8.36. The van der Waals surface area contributed by atoms with Crippen LogP contribution in [0.15, 0.2) is 48.8 Å². The summed E-state index contributed by atoms with van der Waals surface area (Å²) in [5, 5.41) is 12.1. The van der Waals surface area contributed by atoms with E-state index in [9.17, 15) is 14.7 Å². The Balaban J connectivity index is 1.38. The van der Waals surface area contributed by atoms with Crippen LogP contribution in [0, 0.1) is 24.3 Å². The van der Waals surface area contributed by atoms with E-state index < -0.39 is 35.0 Å². The zero-order valence-corrected chi connectivity index (χ0v) is 20.8. The molecule has 3 aliphatic rings. The standard InChI is InChI=1S/C27H23ClN4O5/c1-14(13-36-20-9-6-15(28)12-31-20)27-11-19(33)26(2,37-27)21-22(27)25(35)32(24(21)34)18-8-7-17(29-3)23-16(18)5-4-10-30-23/h4-10,12,14,19,21-22,33H,11,13H2,1-2H3/t14?,19-,21-,22+,26?,27?/m1/s1. The molecule has 3 unspecified atom stereocenters. The summed E-state index contributed by atoms with van der Waals surface area (Å²) in [4.78, 5) is 41.1. The van der Waals surface area contributed by atoms with E-state index in [0.29, 0.717) is 33.2 Å². The molecule has 2 bridgehead atoms. The van der Waals surface area contributed by atoms with Crippen LogP contribution in [0.1, 0.15) is 20.3 Å². The van der Waals surface area contributed by atoms with Crippen molar-refractivity contribution >= 4 is 45.7 Å². The minimum atomic E-state index is -1.22. The monoisotopic (exact) mass is 518 g/mol. The van der Waals surface area contributed by atoms with E-state index in [1.807, 2.05) is 6.92 Å². The Morgan fingerprint density at radius 2 is 2.03 bits per heavy atom. The Bertz CT molecular complexity index is 1490. The molecule has 0 spiro atoms. The number of nitrogens with zero attached hydrogens (tertiary/aromatic N) is 4. The van der Waals surface area contributed by atoms with Crippen molar-refractivity contribution in [2.24, 2.45) is 17.8 Å². The highest BCUT2D eigenvalue weighted by atomic mass is 35.5. The van der Waals surface area contributed by atoms with Crippen LogP contribution in [0.2, 0.25) is 5.02 Å². The topological polar surface area (TPSA) is 106 Å². The summed E-state index contributed by atoms with van der Waals surface area (Å²) in [5.74, 6) is -2.44. The molecule has 10 heteroatoms. The van der Waals surface area contributed by atoms with E-state index in [1.165, 1.54) is 11.1 Å². The second-order valence-corrected chi connectivity index (χ2v) is 10.5. The molecular weight excluding hydrogens is 496 g/mol. The average Bonchev–Trinajstić information content (AvgIpc) is 3.44. The third kappa shape index (κ3) is 3.23. The molecular formula is C27H23ClN4O5. The van der Waals surface area contributed by atoms with Crippen molar-refractivity contribution in [3.05, 3.63) is 65.2 Å². The fraction of sp³-hybridized carbons (Fsp3) is 0.370. The van der Waals surface area contributed by atoms with Crippen molar-refractivity contribution in [1.82, 2.24) is 9.97 Å². The van der Waals surface area contributed by atoms with Crippen LogP contribution in [-0.4, -0.2) is 50.8 Å². The highest BCUT2D eigenvalue weighted by Gasteiger charge is 2.78. The zero-order chi connectivity index (χ0) is 26.1. The van der Waals surface area contributed by atoms with Gasteiger partial charge in [-0.3, -0.25) is 14.6 Å². The van der Waals surface area contributed by atoms with Gasteiger partial charge in [-0.25, -0.2) is 14.7 Å². The molecule has 0 saturated carbocycles. The summed E-state index contributed by atoms with van der Waals surface area (Å²) < 4.78 is 12.3. The van der Waals surface area contributed by atoms with Gasteiger partial charge in [0.2, 0.25) is 23.4 Å². The predicted octanol–water partition coefficient (Wildman–Crippen LogP) is 3.95. The maximum atomic E-state index is 14.1. The van der Waals surface area contributed by atoms with Gasteiger partial charge < -0.3 is 14.6 Å². The quantitative estimate of drug-likeness (QED) is 0.402. The Labute approximate surface area is 217 Å². The molecule has 6 rings (SSSR count). The molecule has 9 nitrogen and oxygen atoms in total. The molecule has 1 aromatic carbocycles. The number of anilines is 1. The van der Waals surface area contributed by atoms with Crippen molar-refractivity contribution in [1.29, 1.82) is 0 Å². The lowest BCUT2D eigenvalue weighted by atomic mass is 9.63. The number of hydrogen-bond donors (Lipinski definition) is 1. The molecule has 37 heavy (non-hydrogen) atoms. The van der Waals surface area contributed by atoms with Gasteiger partial charge in [-0.2, -0.15) is 0 Å². The number of fused-ring (bicyclic) bond motifs is 6. The van der Waals surface area contributed by atoms with Crippen LogP contribution in [-0.2, 0) is 14.3 Å². The Morgan fingerprint density at radius 3 is 2.76 bits per heavy atom. The fourth-order valence-electron chi connectivity index (χ4n) is 6.30. The molecule has 2 amide bonds. The fourth-order valence-corrected chi connectivity index (χ4v) is 6.41. The van der Waals surface area contributed by atoms with E-state index >= 15 is 0 Å². The van der Waals surface area contributed by atoms with Crippen LogP contribution in [0.3, 0.4) is 0 Å². The highest BCUT2D eigenvalue weighted by molar-refractivity contribution is 6.30. The summed E-state index contributed by atoms with van der Waals surface area (Å²) in [6, 6.07) is 9.95. The number of carbonyl (C=O) groups excluding carboxylic acids is 2. The minimum absolute atomic E-state index is 0.161. The highest BCUT2D eigenvalue weighted by Crippen LogP contribution is 2.63. The molecule has 0 aliphatic carbocycles. The number of aliphatic hydroxyl groups excluding tert-OH is 1. The number of benzene rings is 1. The van der Waals surface area contributed by atoms with Crippen LogP contribution in [0.4, 0.5) is 11.4 Å². The van der Waals surface area contributed by atoms with Gasteiger partial charge in [0.25, 0.3) is 0 Å². The molecule has 3 aliphatic heterocycles. The van der Waals surface area contributed by atoms with Gasteiger partial charge in [-0.1, -0.05) is 30.7 Å². The first kappa shape index (κ1) is 23.8. The molecule has 3 saturated heterocycles. The summed E-state index contributed by atoms with van der Waals surface area (Å²) in [6.07, 6.45) is 2.33. The Morgan fingerprint density at radius 1 is 1.24 bits per heavy atom. The maximum Gasteiger partial charge on any atom is 0.240 e. The van der Waals surface area contributed by atoms with Gasteiger partial charge in [0.15, 0.2) is 0 Å². The Kier molecular flexibility index (Phi) is 5.28. The normalized spacial score (nSPS) is 31.0. The molecule has 0 radical (unpaired) electrons.